The van der Waals surface area contributed by atoms with Crippen LogP contribution < -0.4 is 0 Å². The molecule has 6 nitrogen and oxygen atoms in total. The van der Waals surface area contributed by atoms with Gasteiger partial charge in [0.15, 0.2) is 5.82 Å². The molecule has 0 saturated carbocycles. The summed E-state index contributed by atoms with van der Waals surface area (Å²) in [5, 5.41) is 13.8. The maximum Gasteiger partial charge on any atom is 0.251 e. The van der Waals surface area contributed by atoms with E-state index in [2.05, 4.69) is 10.1 Å². The molecule has 1 aliphatic rings. The highest BCUT2D eigenvalue weighted by Gasteiger charge is 2.29. The second-order valence-corrected chi connectivity index (χ2v) is 5.92. The van der Waals surface area contributed by atoms with Gasteiger partial charge in [-0.1, -0.05) is 19.0 Å². The molecule has 0 bridgehead atoms. The predicted octanol–water partition coefficient (Wildman–Crippen LogP) is 1.49. The van der Waals surface area contributed by atoms with Crippen molar-refractivity contribution in [1.29, 1.82) is 0 Å². The summed E-state index contributed by atoms with van der Waals surface area (Å²) in [6.45, 7) is 7.07. The van der Waals surface area contributed by atoms with Crippen LogP contribution in [0.3, 0.4) is 0 Å². The summed E-state index contributed by atoms with van der Waals surface area (Å²) in [7, 11) is 0. The number of nitrogens with zero attached hydrogens (tertiary/aromatic N) is 3. The van der Waals surface area contributed by atoms with E-state index in [1.807, 2.05) is 13.8 Å². The van der Waals surface area contributed by atoms with Crippen LogP contribution >= 0.6 is 0 Å². The van der Waals surface area contributed by atoms with Gasteiger partial charge in [0.1, 0.15) is 6.10 Å². The first kappa shape index (κ1) is 15.0. The van der Waals surface area contributed by atoms with Gasteiger partial charge < -0.3 is 14.5 Å². The maximum absolute atomic E-state index is 12.1. The van der Waals surface area contributed by atoms with Crippen molar-refractivity contribution >= 4 is 5.91 Å². The topological polar surface area (TPSA) is 79.5 Å². The average Bonchev–Trinajstić information content (AvgIpc) is 2.84. The molecule has 1 N–H and O–H groups in total. The molecule has 0 aromatic carbocycles. The van der Waals surface area contributed by atoms with Crippen LogP contribution in [0.15, 0.2) is 4.52 Å². The highest BCUT2D eigenvalue weighted by atomic mass is 16.5. The zero-order valence-corrected chi connectivity index (χ0v) is 12.4. The molecule has 2 heterocycles. The minimum Gasteiger partial charge on any atom is -0.383 e. The second-order valence-electron chi connectivity index (χ2n) is 5.92. The monoisotopic (exact) mass is 281 g/mol. The molecule has 0 spiro atoms. The number of likely N-dealkylation sites (tertiary alicyclic amines) is 1. The molecule has 0 unspecified atom stereocenters. The van der Waals surface area contributed by atoms with Gasteiger partial charge in [-0.2, -0.15) is 4.98 Å². The highest BCUT2D eigenvalue weighted by Crippen LogP contribution is 2.26. The Morgan fingerprint density at radius 3 is 2.60 bits per heavy atom. The summed E-state index contributed by atoms with van der Waals surface area (Å²) in [5.41, 5.74) is 0. The number of piperidine rings is 1. The van der Waals surface area contributed by atoms with Gasteiger partial charge in [-0.3, -0.25) is 4.79 Å². The van der Waals surface area contributed by atoms with Crippen molar-refractivity contribution in [1.82, 2.24) is 15.0 Å². The van der Waals surface area contributed by atoms with Crippen molar-refractivity contribution in [2.45, 2.75) is 52.1 Å². The molecule has 1 saturated heterocycles. The fraction of sp³-hybridized carbons (Fsp3) is 0.786. The number of rotatable bonds is 4. The van der Waals surface area contributed by atoms with Crippen LogP contribution in [-0.4, -0.2) is 45.2 Å². The van der Waals surface area contributed by atoms with Crippen LogP contribution in [0.5, 0.6) is 0 Å². The van der Waals surface area contributed by atoms with Crippen molar-refractivity contribution in [2.24, 2.45) is 5.92 Å². The largest absolute Gasteiger partial charge is 0.383 e. The van der Waals surface area contributed by atoms with Gasteiger partial charge in [-0.05, 0) is 25.2 Å². The Morgan fingerprint density at radius 1 is 1.45 bits per heavy atom. The Bertz CT molecular complexity index is 450. The zero-order valence-electron chi connectivity index (χ0n) is 12.4. The van der Waals surface area contributed by atoms with Crippen molar-refractivity contribution in [3.05, 3.63) is 11.7 Å². The van der Waals surface area contributed by atoms with Gasteiger partial charge in [-0.15, -0.1) is 0 Å². The number of aryl methyl sites for hydroxylation is 1. The number of aromatic nitrogens is 2. The summed E-state index contributed by atoms with van der Waals surface area (Å²) in [6, 6.07) is 0. The van der Waals surface area contributed by atoms with Crippen molar-refractivity contribution < 1.29 is 14.4 Å². The van der Waals surface area contributed by atoms with Gasteiger partial charge in [0.25, 0.3) is 5.91 Å². The molecule has 1 aliphatic heterocycles. The average molecular weight is 281 g/mol. The van der Waals surface area contributed by atoms with Crippen molar-refractivity contribution in [2.75, 3.05) is 13.1 Å². The van der Waals surface area contributed by atoms with Gasteiger partial charge in [-0.25, -0.2) is 0 Å². The van der Waals surface area contributed by atoms with E-state index in [9.17, 15) is 9.90 Å². The fourth-order valence-corrected chi connectivity index (χ4v) is 2.60. The number of aliphatic hydroxyl groups is 1. The lowest BCUT2D eigenvalue weighted by Gasteiger charge is -2.32. The van der Waals surface area contributed by atoms with Gasteiger partial charge in [0.05, 0.1) is 0 Å². The fourth-order valence-electron chi connectivity index (χ4n) is 2.60. The lowest BCUT2D eigenvalue weighted by molar-refractivity contribution is -0.142. The first-order valence-corrected chi connectivity index (χ1v) is 7.24. The summed E-state index contributed by atoms with van der Waals surface area (Å²) >= 11 is 0. The third-order valence-electron chi connectivity index (χ3n) is 3.69. The Hall–Kier alpha value is -1.43. The van der Waals surface area contributed by atoms with E-state index in [0.717, 1.165) is 18.7 Å². The normalized spacial score (nSPS) is 18.6. The van der Waals surface area contributed by atoms with E-state index < -0.39 is 6.10 Å². The van der Waals surface area contributed by atoms with Crippen LogP contribution in [0.2, 0.25) is 0 Å². The highest BCUT2D eigenvalue weighted by molar-refractivity contribution is 5.80. The Morgan fingerprint density at radius 2 is 2.10 bits per heavy atom. The number of amides is 1. The quantitative estimate of drug-likeness (QED) is 0.904. The molecule has 0 radical (unpaired) electrons. The summed E-state index contributed by atoms with van der Waals surface area (Å²) in [4.78, 5) is 18.1. The SMILES string of the molecule is Cc1nc(C2CCN(C(=O)[C@@H](O)CC(C)C)CC2)no1. The van der Waals surface area contributed by atoms with E-state index in [1.54, 1.807) is 11.8 Å². The number of hydrogen-bond acceptors (Lipinski definition) is 5. The van der Waals surface area contributed by atoms with Crippen LogP contribution in [0.1, 0.15) is 50.7 Å². The minimum atomic E-state index is -0.876. The molecule has 112 valence electrons. The lowest BCUT2D eigenvalue weighted by Crippen LogP contribution is -2.44. The molecule has 20 heavy (non-hydrogen) atoms. The molecule has 1 amide bonds. The van der Waals surface area contributed by atoms with Crippen molar-refractivity contribution in [3.8, 4) is 0 Å². The molecule has 1 fully saturated rings. The number of hydrogen-bond donors (Lipinski definition) is 1. The second kappa shape index (κ2) is 6.35. The number of carbonyl (C=O) groups is 1. The number of aliphatic hydroxyl groups excluding tert-OH is 1. The van der Waals surface area contributed by atoms with Crippen LogP contribution in [0.4, 0.5) is 0 Å². The van der Waals surface area contributed by atoms with E-state index in [0.29, 0.717) is 31.3 Å². The van der Waals surface area contributed by atoms with Crippen molar-refractivity contribution in [3.63, 3.8) is 0 Å². The third-order valence-corrected chi connectivity index (χ3v) is 3.69. The lowest BCUT2D eigenvalue weighted by atomic mass is 9.95. The van der Waals surface area contributed by atoms with E-state index in [1.165, 1.54) is 0 Å². The molecule has 0 aliphatic carbocycles. The van der Waals surface area contributed by atoms with E-state index in [-0.39, 0.29) is 11.8 Å². The first-order chi connectivity index (χ1) is 9.47. The molecular formula is C14H23N3O3. The molecule has 2 rings (SSSR count). The zero-order chi connectivity index (χ0) is 14.7. The summed E-state index contributed by atoms with van der Waals surface area (Å²) in [6.07, 6.45) is 1.28. The number of carbonyl (C=O) groups excluding carboxylic acids is 1. The summed E-state index contributed by atoms with van der Waals surface area (Å²) < 4.78 is 4.99. The molecule has 1 aromatic heterocycles. The predicted molar refractivity (Wildman–Crippen MR) is 73.1 cm³/mol. The Labute approximate surface area is 119 Å². The Balaban J connectivity index is 1.86. The first-order valence-electron chi connectivity index (χ1n) is 7.24. The van der Waals surface area contributed by atoms with E-state index >= 15 is 0 Å². The molecule has 1 aromatic rings. The van der Waals surface area contributed by atoms with Gasteiger partial charge in [0, 0.05) is 25.9 Å². The smallest absolute Gasteiger partial charge is 0.251 e. The van der Waals surface area contributed by atoms with Crippen LogP contribution in [-0.2, 0) is 4.79 Å². The standard InChI is InChI=1S/C14H23N3O3/c1-9(2)8-12(18)14(19)17-6-4-11(5-7-17)13-15-10(3)20-16-13/h9,11-12,18H,4-8H2,1-3H3/t12-/m0/s1. The van der Waals surface area contributed by atoms with Gasteiger partial charge >= 0.3 is 0 Å². The van der Waals surface area contributed by atoms with Gasteiger partial charge in [0.2, 0.25) is 5.89 Å². The Kier molecular flexibility index (Phi) is 4.75. The molecule has 1 atom stereocenters. The molecular weight excluding hydrogens is 258 g/mol. The third kappa shape index (κ3) is 3.56. The maximum atomic E-state index is 12.1. The van der Waals surface area contributed by atoms with Crippen LogP contribution in [0, 0.1) is 12.8 Å². The van der Waals surface area contributed by atoms with Crippen LogP contribution in [0.25, 0.3) is 0 Å². The minimum absolute atomic E-state index is 0.151. The summed E-state index contributed by atoms with van der Waals surface area (Å²) in [5.74, 6) is 1.72. The molecule has 6 heteroatoms. The van der Waals surface area contributed by atoms with E-state index in [4.69, 9.17) is 4.52 Å².